The smallest absolute Gasteiger partial charge is 0.131 e. The Morgan fingerprint density at radius 1 is 1.56 bits per heavy atom. The lowest BCUT2D eigenvalue weighted by molar-refractivity contribution is 0.141. The molecule has 5 heteroatoms. The molecule has 0 aliphatic carbocycles. The van der Waals surface area contributed by atoms with Gasteiger partial charge in [-0.3, -0.25) is 0 Å². The first-order valence-corrected chi connectivity index (χ1v) is 6.21. The minimum atomic E-state index is 0.0994. The summed E-state index contributed by atoms with van der Waals surface area (Å²) >= 11 is 8.43. The number of hydrogen-bond acceptors (Lipinski definition) is 3. The van der Waals surface area contributed by atoms with E-state index in [9.17, 15) is 0 Å². The van der Waals surface area contributed by atoms with Gasteiger partial charge in [-0.05, 0) is 28.1 Å². The molecule has 3 nitrogen and oxygen atoms in total. The van der Waals surface area contributed by atoms with Crippen molar-refractivity contribution < 1.29 is 9.47 Å². The van der Waals surface area contributed by atoms with Crippen LogP contribution < -0.4 is 10.5 Å². The van der Waals surface area contributed by atoms with Crippen molar-refractivity contribution >= 4 is 33.1 Å². The van der Waals surface area contributed by atoms with E-state index >= 15 is 0 Å². The fraction of sp³-hybridized carbons (Fsp3) is 0.364. The van der Waals surface area contributed by atoms with Crippen LogP contribution in [-0.2, 0) is 4.74 Å². The molecular formula is C11H12BrNO2S. The van der Waals surface area contributed by atoms with Crippen LogP contribution in [0.5, 0.6) is 5.75 Å². The van der Waals surface area contributed by atoms with Crippen molar-refractivity contribution in [1.82, 2.24) is 0 Å². The van der Waals surface area contributed by atoms with E-state index in [-0.39, 0.29) is 6.10 Å². The van der Waals surface area contributed by atoms with Crippen molar-refractivity contribution in [2.45, 2.75) is 12.5 Å². The molecule has 1 aliphatic rings. The second kappa shape index (κ2) is 5.12. The molecule has 1 aliphatic heterocycles. The Morgan fingerprint density at radius 2 is 2.38 bits per heavy atom. The molecule has 0 bridgehead atoms. The van der Waals surface area contributed by atoms with Crippen molar-refractivity contribution in [3.05, 3.63) is 28.2 Å². The summed E-state index contributed by atoms with van der Waals surface area (Å²) in [4.78, 5) is 0.335. The van der Waals surface area contributed by atoms with Gasteiger partial charge in [-0.15, -0.1) is 0 Å². The highest BCUT2D eigenvalue weighted by molar-refractivity contribution is 9.10. The Morgan fingerprint density at radius 3 is 3.00 bits per heavy atom. The van der Waals surface area contributed by atoms with E-state index in [1.54, 1.807) is 0 Å². The molecule has 1 atom stereocenters. The zero-order chi connectivity index (χ0) is 11.5. The summed E-state index contributed by atoms with van der Waals surface area (Å²) in [5, 5.41) is 0. The number of thiocarbonyl (C=S) groups is 1. The number of hydrogen-bond donors (Lipinski definition) is 1. The molecular weight excluding hydrogens is 290 g/mol. The number of rotatable bonds is 3. The Balaban J connectivity index is 2.25. The van der Waals surface area contributed by atoms with Gasteiger partial charge in [0.1, 0.15) is 16.8 Å². The molecule has 1 unspecified atom stereocenters. The first kappa shape index (κ1) is 11.8. The molecule has 0 radical (unpaired) electrons. The number of benzene rings is 1. The van der Waals surface area contributed by atoms with E-state index in [4.69, 9.17) is 27.4 Å². The molecule has 2 N–H and O–H groups in total. The Bertz CT molecular complexity index is 405. The van der Waals surface area contributed by atoms with E-state index in [2.05, 4.69) is 15.9 Å². The van der Waals surface area contributed by atoms with Crippen molar-refractivity contribution in [2.24, 2.45) is 5.73 Å². The lowest BCUT2D eigenvalue weighted by Gasteiger charge is -2.15. The van der Waals surface area contributed by atoms with Gasteiger partial charge in [0.2, 0.25) is 0 Å². The van der Waals surface area contributed by atoms with Crippen molar-refractivity contribution in [1.29, 1.82) is 0 Å². The van der Waals surface area contributed by atoms with Crippen LogP contribution in [0.2, 0.25) is 0 Å². The van der Waals surface area contributed by atoms with Crippen molar-refractivity contribution in [3.63, 3.8) is 0 Å². The van der Waals surface area contributed by atoms with Crippen molar-refractivity contribution in [2.75, 3.05) is 13.2 Å². The van der Waals surface area contributed by atoms with Crippen LogP contribution in [0.25, 0.3) is 0 Å². The SMILES string of the molecule is NC(=S)c1c(Br)cccc1OC1CCOC1. The molecule has 0 saturated carbocycles. The number of halogens is 1. The first-order chi connectivity index (χ1) is 7.68. The van der Waals surface area contributed by atoms with E-state index < -0.39 is 0 Å². The molecule has 0 amide bonds. The largest absolute Gasteiger partial charge is 0.487 e. The highest BCUT2D eigenvalue weighted by Crippen LogP contribution is 2.28. The molecule has 1 saturated heterocycles. The molecule has 1 fully saturated rings. The fourth-order valence-corrected chi connectivity index (χ4v) is 2.53. The second-order valence-electron chi connectivity index (χ2n) is 3.58. The van der Waals surface area contributed by atoms with Crippen LogP contribution in [0.15, 0.2) is 22.7 Å². The highest BCUT2D eigenvalue weighted by Gasteiger charge is 2.20. The number of ether oxygens (including phenoxy) is 2. The average Bonchev–Trinajstić information content (AvgIpc) is 2.70. The van der Waals surface area contributed by atoms with Crippen LogP contribution in [0.3, 0.4) is 0 Å². The van der Waals surface area contributed by atoms with Crippen LogP contribution in [-0.4, -0.2) is 24.3 Å². The molecule has 0 aromatic heterocycles. The lowest BCUT2D eigenvalue weighted by Crippen LogP contribution is -2.19. The minimum absolute atomic E-state index is 0.0994. The summed E-state index contributed by atoms with van der Waals surface area (Å²) in [5.74, 6) is 0.720. The fourth-order valence-electron chi connectivity index (χ4n) is 1.63. The topological polar surface area (TPSA) is 44.5 Å². The first-order valence-electron chi connectivity index (χ1n) is 5.01. The zero-order valence-corrected chi connectivity index (χ0v) is 11.0. The van der Waals surface area contributed by atoms with E-state index in [1.165, 1.54) is 0 Å². The van der Waals surface area contributed by atoms with Gasteiger partial charge >= 0.3 is 0 Å². The lowest BCUT2D eigenvalue weighted by atomic mass is 10.2. The van der Waals surface area contributed by atoms with Crippen LogP contribution in [0.1, 0.15) is 12.0 Å². The van der Waals surface area contributed by atoms with Gasteiger partial charge in [-0.1, -0.05) is 18.3 Å². The normalized spacial score (nSPS) is 19.7. The molecule has 16 heavy (non-hydrogen) atoms. The van der Waals surface area contributed by atoms with Gasteiger partial charge in [0.15, 0.2) is 0 Å². The third-order valence-corrected chi connectivity index (χ3v) is 3.27. The van der Waals surface area contributed by atoms with Crippen LogP contribution in [0.4, 0.5) is 0 Å². The molecule has 1 aromatic carbocycles. The van der Waals surface area contributed by atoms with Crippen LogP contribution in [0, 0.1) is 0 Å². The van der Waals surface area contributed by atoms with Gasteiger partial charge in [-0.2, -0.15) is 0 Å². The van der Waals surface area contributed by atoms with Crippen LogP contribution >= 0.6 is 28.1 Å². The maximum atomic E-state index is 5.83. The van der Waals surface area contributed by atoms with E-state index in [1.807, 2.05) is 18.2 Å². The monoisotopic (exact) mass is 301 g/mol. The van der Waals surface area contributed by atoms with Gasteiger partial charge in [-0.25, -0.2) is 0 Å². The van der Waals surface area contributed by atoms with Gasteiger partial charge in [0, 0.05) is 10.9 Å². The minimum Gasteiger partial charge on any atom is -0.487 e. The van der Waals surface area contributed by atoms with Gasteiger partial charge in [0.05, 0.1) is 18.8 Å². The third kappa shape index (κ3) is 2.53. The van der Waals surface area contributed by atoms with Gasteiger partial charge < -0.3 is 15.2 Å². The zero-order valence-electron chi connectivity index (χ0n) is 8.61. The second-order valence-corrected chi connectivity index (χ2v) is 4.87. The maximum Gasteiger partial charge on any atom is 0.131 e. The molecule has 1 aromatic rings. The standard InChI is InChI=1S/C11H12BrNO2S/c12-8-2-1-3-9(10(8)11(13)16)15-7-4-5-14-6-7/h1-3,7H,4-6H2,(H2,13,16). The predicted molar refractivity (Wildman–Crippen MR) is 69.9 cm³/mol. The summed E-state index contributed by atoms with van der Waals surface area (Å²) in [7, 11) is 0. The summed E-state index contributed by atoms with van der Waals surface area (Å²) < 4.78 is 11.9. The highest BCUT2D eigenvalue weighted by atomic mass is 79.9. The summed E-state index contributed by atoms with van der Waals surface area (Å²) in [5.41, 5.74) is 6.43. The quantitative estimate of drug-likeness (QED) is 0.870. The number of nitrogens with two attached hydrogens (primary N) is 1. The third-order valence-electron chi connectivity index (χ3n) is 2.40. The summed E-state index contributed by atoms with van der Waals surface area (Å²) in [6, 6.07) is 5.67. The van der Waals surface area contributed by atoms with Gasteiger partial charge in [0.25, 0.3) is 0 Å². The summed E-state index contributed by atoms with van der Waals surface area (Å²) in [6.07, 6.45) is 1.01. The molecule has 2 rings (SSSR count). The maximum absolute atomic E-state index is 5.83. The summed E-state index contributed by atoms with van der Waals surface area (Å²) in [6.45, 7) is 1.38. The molecule has 0 spiro atoms. The molecule has 1 heterocycles. The predicted octanol–water partition coefficient (Wildman–Crippen LogP) is 2.25. The van der Waals surface area contributed by atoms with E-state index in [0.717, 1.165) is 28.8 Å². The Labute approximate surface area is 108 Å². The Kier molecular flexibility index (Phi) is 3.78. The Hall–Kier alpha value is -0.650. The average molecular weight is 302 g/mol. The molecule has 86 valence electrons. The van der Waals surface area contributed by atoms with E-state index in [0.29, 0.717) is 11.6 Å². The van der Waals surface area contributed by atoms with Crippen molar-refractivity contribution in [3.8, 4) is 5.75 Å².